The second-order valence-electron chi connectivity index (χ2n) is 2.95. The molecule has 0 spiro atoms. The van der Waals surface area contributed by atoms with Gasteiger partial charge in [0.05, 0.1) is 5.52 Å². The Kier molecular flexibility index (Phi) is 2.88. The van der Waals surface area contributed by atoms with Gasteiger partial charge in [0.1, 0.15) is 0 Å². The highest BCUT2D eigenvalue weighted by molar-refractivity contribution is 7.98. The van der Waals surface area contributed by atoms with Gasteiger partial charge in [-0.05, 0) is 30.6 Å². The lowest BCUT2D eigenvalue weighted by molar-refractivity contribution is 0.775. The zero-order valence-electron chi connectivity index (χ0n) is 7.86. The number of hydrogen-bond acceptors (Lipinski definition) is 3. The third kappa shape index (κ3) is 1.69. The fourth-order valence-corrected chi connectivity index (χ4v) is 2.03. The van der Waals surface area contributed by atoms with E-state index in [4.69, 9.17) is 12.2 Å². The van der Waals surface area contributed by atoms with E-state index in [1.54, 1.807) is 6.20 Å². The van der Waals surface area contributed by atoms with Crippen LogP contribution in [0.2, 0.25) is 0 Å². The normalized spacial score (nSPS) is 10.9. The van der Waals surface area contributed by atoms with Gasteiger partial charge in [0.15, 0.2) is 10.4 Å². The average Bonchev–Trinajstić information content (AvgIpc) is 2.51. The van der Waals surface area contributed by atoms with Crippen LogP contribution in [0.4, 0.5) is 0 Å². The van der Waals surface area contributed by atoms with Crippen molar-refractivity contribution in [1.29, 1.82) is 0 Å². The van der Waals surface area contributed by atoms with Gasteiger partial charge in [0.25, 0.3) is 0 Å². The minimum Gasteiger partial charge on any atom is -0.329 e. The molecule has 14 heavy (non-hydrogen) atoms. The number of aryl methyl sites for hydroxylation is 1. The number of imidazole rings is 1. The van der Waals surface area contributed by atoms with Crippen molar-refractivity contribution < 1.29 is 0 Å². The van der Waals surface area contributed by atoms with Crippen LogP contribution in [0.1, 0.15) is 0 Å². The molecule has 0 radical (unpaired) electrons. The van der Waals surface area contributed by atoms with Crippen molar-refractivity contribution in [2.45, 2.75) is 6.54 Å². The molecule has 0 unspecified atom stereocenters. The topological polar surface area (TPSA) is 33.6 Å². The van der Waals surface area contributed by atoms with Crippen LogP contribution < -0.4 is 0 Å². The number of nitrogens with zero attached hydrogens (tertiary/aromatic N) is 2. The highest BCUT2D eigenvalue weighted by Crippen LogP contribution is 2.11. The summed E-state index contributed by atoms with van der Waals surface area (Å²) in [6, 6.07) is 3.90. The Morgan fingerprint density at radius 1 is 1.64 bits per heavy atom. The smallest absolute Gasteiger partial charge is 0.179 e. The van der Waals surface area contributed by atoms with E-state index in [-0.39, 0.29) is 0 Å². The molecule has 0 fully saturated rings. The Morgan fingerprint density at radius 3 is 3.29 bits per heavy atom. The number of fused-ring (bicyclic) bond motifs is 1. The molecule has 1 N–H and O–H groups in total. The molecule has 2 aromatic heterocycles. The molecular formula is C9H11N3S2. The van der Waals surface area contributed by atoms with Crippen molar-refractivity contribution in [3.63, 3.8) is 0 Å². The summed E-state index contributed by atoms with van der Waals surface area (Å²) in [5, 5.41) is 0. The number of hydrogen-bond donors (Lipinski definition) is 1. The zero-order chi connectivity index (χ0) is 9.97. The third-order valence-electron chi connectivity index (χ3n) is 2.05. The lowest BCUT2D eigenvalue weighted by Gasteiger charge is -2.00. The van der Waals surface area contributed by atoms with Gasteiger partial charge in [0, 0.05) is 18.5 Å². The summed E-state index contributed by atoms with van der Waals surface area (Å²) in [5.41, 5.74) is 1.96. The van der Waals surface area contributed by atoms with Gasteiger partial charge >= 0.3 is 0 Å². The molecule has 3 nitrogen and oxygen atoms in total. The van der Waals surface area contributed by atoms with Crippen molar-refractivity contribution >= 4 is 35.1 Å². The van der Waals surface area contributed by atoms with Crippen LogP contribution in [0, 0.1) is 4.77 Å². The second kappa shape index (κ2) is 4.14. The molecule has 0 aromatic carbocycles. The van der Waals surface area contributed by atoms with E-state index in [0.717, 1.165) is 28.2 Å². The summed E-state index contributed by atoms with van der Waals surface area (Å²) < 4.78 is 2.80. The molecule has 0 atom stereocenters. The molecule has 0 saturated heterocycles. The van der Waals surface area contributed by atoms with Crippen LogP contribution in [0.25, 0.3) is 11.2 Å². The maximum absolute atomic E-state index is 5.22. The molecule has 2 rings (SSSR count). The van der Waals surface area contributed by atoms with Crippen LogP contribution in [0.5, 0.6) is 0 Å². The number of nitrogens with one attached hydrogen (secondary N) is 1. The molecule has 0 aliphatic heterocycles. The summed E-state index contributed by atoms with van der Waals surface area (Å²) in [4.78, 5) is 7.45. The molecule has 74 valence electrons. The highest BCUT2D eigenvalue weighted by atomic mass is 32.2. The maximum atomic E-state index is 5.22. The molecule has 2 heterocycles. The maximum Gasteiger partial charge on any atom is 0.179 e. The largest absolute Gasteiger partial charge is 0.329 e. The Labute approximate surface area is 91.5 Å². The third-order valence-corrected chi connectivity index (χ3v) is 2.96. The predicted molar refractivity (Wildman–Crippen MR) is 63.3 cm³/mol. The number of pyridine rings is 1. The molecule has 0 bridgehead atoms. The van der Waals surface area contributed by atoms with Crippen molar-refractivity contribution in [2.75, 3.05) is 12.0 Å². The molecule has 0 amide bonds. The highest BCUT2D eigenvalue weighted by Gasteiger charge is 2.03. The average molecular weight is 225 g/mol. The second-order valence-corrected chi connectivity index (χ2v) is 4.32. The minimum atomic E-state index is 0.757. The van der Waals surface area contributed by atoms with Crippen molar-refractivity contribution in [2.24, 2.45) is 0 Å². The summed E-state index contributed by atoms with van der Waals surface area (Å²) in [6.45, 7) is 0.914. The van der Waals surface area contributed by atoms with Gasteiger partial charge < -0.3 is 9.55 Å². The first-order valence-corrected chi connectivity index (χ1v) is 6.15. The molecule has 0 aliphatic carbocycles. The molecule has 0 aliphatic rings. The summed E-state index contributed by atoms with van der Waals surface area (Å²) >= 11 is 7.03. The van der Waals surface area contributed by atoms with E-state index in [0.29, 0.717) is 0 Å². The van der Waals surface area contributed by atoms with Gasteiger partial charge in [-0.1, -0.05) is 0 Å². The summed E-state index contributed by atoms with van der Waals surface area (Å²) in [7, 11) is 0. The first-order valence-electron chi connectivity index (χ1n) is 4.35. The molecule has 5 heteroatoms. The lowest BCUT2D eigenvalue weighted by atomic mass is 10.4. The predicted octanol–water partition coefficient (Wildman–Crippen LogP) is 2.46. The van der Waals surface area contributed by atoms with Gasteiger partial charge in [-0.2, -0.15) is 11.8 Å². The number of aromatic amines is 1. The monoisotopic (exact) mass is 225 g/mol. The molecule has 2 aromatic rings. The molecule has 0 saturated carbocycles. The Hall–Kier alpha value is -0.810. The van der Waals surface area contributed by atoms with E-state index in [1.165, 1.54) is 0 Å². The Balaban J connectivity index is 2.51. The van der Waals surface area contributed by atoms with Crippen LogP contribution in [-0.4, -0.2) is 26.5 Å². The number of rotatable bonds is 3. The number of H-pyrrole nitrogens is 1. The van der Waals surface area contributed by atoms with Crippen LogP contribution in [0.3, 0.4) is 0 Å². The SMILES string of the molecule is CSCCn1c(=S)[nH]c2cccnc21. The van der Waals surface area contributed by atoms with Crippen LogP contribution in [-0.2, 0) is 6.54 Å². The lowest BCUT2D eigenvalue weighted by Crippen LogP contribution is -2.00. The van der Waals surface area contributed by atoms with Crippen molar-refractivity contribution in [1.82, 2.24) is 14.5 Å². The fourth-order valence-electron chi connectivity index (χ4n) is 1.38. The Bertz CT molecular complexity index is 486. The van der Waals surface area contributed by atoms with E-state index in [2.05, 4.69) is 16.2 Å². The summed E-state index contributed by atoms with van der Waals surface area (Å²) in [5.74, 6) is 1.05. The van der Waals surface area contributed by atoms with Crippen LogP contribution >= 0.6 is 24.0 Å². The number of thioether (sulfide) groups is 1. The van der Waals surface area contributed by atoms with E-state index in [9.17, 15) is 0 Å². The number of aromatic nitrogens is 3. The quantitative estimate of drug-likeness (QED) is 0.815. The van der Waals surface area contributed by atoms with Crippen molar-refractivity contribution in [3.8, 4) is 0 Å². The van der Waals surface area contributed by atoms with E-state index in [1.807, 2.05) is 28.5 Å². The van der Waals surface area contributed by atoms with E-state index < -0.39 is 0 Å². The van der Waals surface area contributed by atoms with Gasteiger partial charge in [-0.25, -0.2) is 4.98 Å². The first kappa shape index (κ1) is 9.73. The van der Waals surface area contributed by atoms with Gasteiger partial charge in [-0.15, -0.1) is 0 Å². The molecular weight excluding hydrogens is 214 g/mol. The van der Waals surface area contributed by atoms with Crippen LogP contribution in [0.15, 0.2) is 18.3 Å². The minimum absolute atomic E-state index is 0.757. The standard InChI is InChI=1S/C9H11N3S2/c1-14-6-5-12-8-7(11-9(12)13)3-2-4-10-8/h2-4H,5-6H2,1H3,(H,11,13). The zero-order valence-corrected chi connectivity index (χ0v) is 9.49. The van der Waals surface area contributed by atoms with E-state index >= 15 is 0 Å². The first-order chi connectivity index (χ1) is 6.83. The Morgan fingerprint density at radius 2 is 2.50 bits per heavy atom. The van der Waals surface area contributed by atoms with Crippen molar-refractivity contribution in [3.05, 3.63) is 23.1 Å². The van der Waals surface area contributed by atoms with Gasteiger partial charge in [-0.3, -0.25) is 0 Å². The summed E-state index contributed by atoms with van der Waals surface area (Å²) in [6.07, 6.45) is 3.88. The van der Waals surface area contributed by atoms with Gasteiger partial charge in [0.2, 0.25) is 0 Å². The fraction of sp³-hybridized carbons (Fsp3) is 0.333.